The summed E-state index contributed by atoms with van der Waals surface area (Å²) in [4.78, 5) is 11.2. The largest absolute Gasteiger partial charge is 0.454 e. The van der Waals surface area contributed by atoms with Crippen molar-refractivity contribution in [2.24, 2.45) is 0 Å². The van der Waals surface area contributed by atoms with Gasteiger partial charge in [0.15, 0.2) is 11.5 Å². The van der Waals surface area contributed by atoms with Crippen molar-refractivity contribution >= 4 is 17.6 Å². The molecule has 0 N–H and O–H groups in total. The van der Waals surface area contributed by atoms with Crippen molar-refractivity contribution in [3.8, 4) is 11.5 Å². The zero-order chi connectivity index (χ0) is 15.5. The van der Waals surface area contributed by atoms with E-state index in [2.05, 4.69) is 27.0 Å². The first-order valence-electron chi connectivity index (χ1n) is 7.97. The van der Waals surface area contributed by atoms with E-state index in [1.807, 2.05) is 12.1 Å². The van der Waals surface area contributed by atoms with E-state index in [9.17, 15) is 0 Å². The van der Waals surface area contributed by atoms with Gasteiger partial charge in [0.05, 0.1) is 0 Å². The Morgan fingerprint density at radius 2 is 1.87 bits per heavy atom. The molecule has 2 aliphatic rings. The summed E-state index contributed by atoms with van der Waals surface area (Å²) in [5.74, 6) is 3.56. The Bertz CT molecular complexity index is 689. The van der Waals surface area contributed by atoms with E-state index in [4.69, 9.17) is 9.47 Å². The second kappa shape index (κ2) is 6.66. The van der Waals surface area contributed by atoms with E-state index in [-0.39, 0.29) is 0 Å². The number of benzene rings is 1. The van der Waals surface area contributed by atoms with E-state index >= 15 is 0 Å². The van der Waals surface area contributed by atoms with Gasteiger partial charge in [-0.1, -0.05) is 6.07 Å². The quantitative estimate of drug-likeness (QED) is 0.632. The second-order valence-electron chi connectivity index (χ2n) is 5.74. The number of anilines is 1. The van der Waals surface area contributed by atoms with Crippen LogP contribution in [0.1, 0.15) is 24.8 Å². The van der Waals surface area contributed by atoms with E-state index in [1.54, 1.807) is 18.1 Å². The molecular formula is C17H19N3O2S. The average molecular weight is 329 g/mol. The fourth-order valence-electron chi connectivity index (χ4n) is 2.89. The molecule has 120 valence electrons. The first-order chi connectivity index (χ1) is 11.4. The summed E-state index contributed by atoms with van der Waals surface area (Å²) in [5, 5.41) is 1.01. The highest BCUT2D eigenvalue weighted by Crippen LogP contribution is 2.34. The minimum absolute atomic E-state index is 0.317. The highest BCUT2D eigenvalue weighted by atomic mass is 32.2. The van der Waals surface area contributed by atoms with Gasteiger partial charge in [-0.3, -0.25) is 0 Å². The third-order valence-corrected chi connectivity index (χ3v) is 5.13. The summed E-state index contributed by atoms with van der Waals surface area (Å²) in [6, 6.07) is 8.19. The molecule has 0 saturated carbocycles. The molecule has 0 amide bonds. The number of hydrogen-bond acceptors (Lipinski definition) is 6. The number of ether oxygens (including phenoxy) is 2. The Kier molecular flexibility index (Phi) is 4.24. The molecule has 0 spiro atoms. The molecule has 1 aromatic heterocycles. The lowest BCUT2D eigenvalue weighted by molar-refractivity contribution is 0.174. The molecule has 1 saturated heterocycles. The molecule has 3 heterocycles. The third kappa shape index (κ3) is 3.37. The monoisotopic (exact) mass is 329 g/mol. The lowest BCUT2D eigenvalue weighted by atomic mass is 10.1. The van der Waals surface area contributed by atoms with Crippen molar-refractivity contribution in [3.63, 3.8) is 0 Å². The average Bonchev–Trinajstić information content (AvgIpc) is 3.09. The number of thioether (sulfide) groups is 1. The van der Waals surface area contributed by atoms with Crippen LogP contribution in [-0.2, 0) is 5.75 Å². The highest BCUT2D eigenvalue weighted by molar-refractivity contribution is 7.98. The molecule has 2 aliphatic heterocycles. The summed E-state index contributed by atoms with van der Waals surface area (Å²) >= 11 is 1.72. The van der Waals surface area contributed by atoms with Crippen molar-refractivity contribution in [1.82, 2.24) is 9.97 Å². The maximum atomic E-state index is 5.43. The van der Waals surface area contributed by atoms with Gasteiger partial charge >= 0.3 is 0 Å². The fourth-order valence-corrected chi connectivity index (χ4v) is 3.70. The van der Waals surface area contributed by atoms with Gasteiger partial charge < -0.3 is 14.4 Å². The number of aromatic nitrogens is 2. The van der Waals surface area contributed by atoms with Crippen molar-refractivity contribution < 1.29 is 9.47 Å². The lowest BCUT2D eigenvalue weighted by Gasteiger charge is -2.27. The number of nitrogens with zero attached hydrogens (tertiary/aromatic N) is 3. The van der Waals surface area contributed by atoms with Gasteiger partial charge in [0.1, 0.15) is 17.2 Å². The van der Waals surface area contributed by atoms with E-state index < -0.39 is 0 Å². The van der Waals surface area contributed by atoms with Crippen molar-refractivity contribution in [2.75, 3.05) is 24.8 Å². The summed E-state index contributed by atoms with van der Waals surface area (Å²) in [6.45, 7) is 2.52. The lowest BCUT2D eigenvalue weighted by Crippen LogP contribution is -2.30. The van der Waals surface area contributed by atoms with Crippen LogP contribution in [0.3, 0.4) is 0 Å². The Balaban J connectivity index is 1.42. The van der Waals surface area contributed by atoms with Crippen LogP contribution in [0.2, 0.25) is 0 Å². The van der Waals surface area contributed by atoms with Crippen molar-refractivity contribution in [1.29, 1.82) is 0 Å². The smallest absolute Gasteiger partial charge is 0.231 e. The number of hydrogen-bond donors (Lipinski definition) is 0. The van der Waals surface area contributed by atoms with Gasteiger partial charge in [-0.2, -0.15) is 0 Å². The van der Waals surface area contributed by atoms with Crippen LogP contribution in [-0.4, -0.2) is 29.9 Å². The topological polar surface area (TPSA) is 47.5 Å². The van der Waals surface area contributed by atoms with Crippen LogP contribution in [0.5, 0.6) is 11.5 Å². The fraction of sp³-hybridized carbons (Fsp3) is 0.412. The molecule has 4 rings (SSSR count). The molecule has 0 unspecified atom stereocenters. The van der Waals surface area contributed by atoms with E-state index in [0.29, 0.717) is 6.79 Å². The van der Waals surface area contributed by atoms with Gasteiger partial charge in [-0.25, -0.2) is 9.97 Å². The molecule has 0 aliphatic carbocycles. The molecule has 2 aromatic rings. The van der Waals surface area contributed by atoms with Crippen molar-refractivity contribution in [2.45, 2.75) is 30.0 Å². The minimum atomic E-state index is 0.317. The van der Waals surface area contributed by atoms with Crippen LogP contribution < -0.4 is 14.4 Å². The van der Waals surface area contributed by atoms with Gasteiger partial charge in [-0.05, 0) is 37.0 Å². The second-order valence-corrected chi connectivity index (χ2v) is 6.73. The summed E-state index contributed by atoms with van der Waals surface area (Å²) < 4.78 is 10.8. The molecule has 0 radical (unpaired) electrons. The Morgan fingerprint density at radius 1 is 1.00 bits per heavy atom. The SMILES string of the molecule is c1nc(SCc2ccc3c(c2)OCO3)cc(N2CCCCC2)n1. The Hall–Kier alpha value is -1.95. The standard InChI is InChI=1S/C17H19N3O2S/c1-2-6-20(7-3-1)16-9-17(19-11-18-16)23-10-13-4-5-14-15(8-13)22-12-21-14/h4-5,8-9,11H,1-3,6-7,10,12H2. The third-order valence-electron chi connectivity index (χ3n) is 4.13. The normalized spacial score (nSPS) is 16.6. The highest BCUT2D eigenvalue weighted by Gasteiger charge is 2.15. The van der Waals surface area contributed by atoms with Crippen LogP contribution in [0.15, 0.2) is 35.6 Å². The van der Waals surface area contributed by atoms with Gasteiger partial charge in [0, 0.05) is 24.9 Å². The Labute approximate surface area is 140 Å². The zero-order valence-electron chi connectivity index (χ0n) is 12.9. The number of fused-ring (bicyclic) bond motifs is 1. The van der Waals surface area contributed by atoms with Gasteiger partial charge in [0.2, 0.25) is 6.79 Å². The van der Waals surface area contributed by atoms with Crippen LogP contribution in [0, 0.1) is 0 Å². The van der Waals surface area contributed by atoms with Crippen LogP contribution in [0.4, 0.5) is 5.82 Å². The summed E-state index contributed by atoms with van der Waals surface area (Å²) in [5.41, 5.74) is 1.21. The Morgan fingerprint density at radius 3 is 2.78 bits per heavy atom. The van der Waals surface area contributed by atoms with E-state index in [0.717, 1.165) is 41.2 Å². The molecular weight excluding hydrogens is 310 g/mol. The predicted octanol–water partition coefficient (Wildman–Crippen LogP) is 3.49. The molecule has 0 atom stereocenters. The van der Waals surface area contributed by atoms with Gasteiger partial charge in [0.25, 0.3) is 0 Å². The first kappa shape index (κ1) is 14.6. The van der Waals surface area contributed by atoms with E-state index in [1.165, 1.54) is 24.8 Å². The maximum absolute atomic E-state index is 5.43. The zero-order valence-corrected chi connectivity index (χ0v) is 13.7. The summed E-state index contributed by atoms with van der Waals surface area (Å²) in [7, 11) is 0. The van der Waals surface area contributed by atoms with Gasteiger partial charge in [-0.15, -0.1) is 11.8 Å². The molecule has 1 aromatic carbocycles. The number of rotatable bonds is 4. The maximum Gasteiger partial charge on any atom is 0.231 e. The first-order valence-corrected chi connectivity index (χ1v) is 8.95. The molecule has 1 fully saturated rings. The minimum Gasteiger partial charge on any atom is -0.454 e. The number of piperidine rings is 1. The van der Waals surface area contributed by atoms with Crippen LogP contribution >= 0.6 is 11.8 Å². The summed E-state index contributed by atoms with van der Waals surface area (Å²) in [6.07, 6.45) is 5.51. The molecule has 6 heteroatoms. The van der Waals surface area contributed by atoms with Crippen molar-refractivity contribution in [3.05, 3.63) is 36.2 Å². The predicted molar refractivity (Wildman–Crippen MR) is 90.2 cm³/mol. The molecule has 5 nitrogen and oxygen atoms in total. The van der Waals surface area contributed by atoms with Crippen LogP contribution in [0.25, 0.3) is 0 Å². The molecule has 23 heavy (non-hydrogen) atoms. The molecule has 0 bridgehead atoms.